The summed E-state index contributed by atoms with van der Waals surface area (Å²) in [6, 6.07) is -0.616. The molecule has 0 spiro atoms. The van der Waals surface area contributed by atoms with Crippen LogP contribution in [0.1, 0.15) is 25.7 Å². The summed E-state index contributed by atoms with van der Waals surface area (Å²) in [5.74, 6) is -0.818. The Bertz CT molecular complexity index is 273. The molecular formula is C10H19N3O2S. The Hall–Kier alpha value is -0.750. The van der Waals surface area contributed by atoms with Gasteiger partial charge in [0.2, 0.25) is 11.8 Å². The first-order valence-electron chi connectivity index (χ1n) is 5.40. The second-order valence-electron chi connectivity index (χ2n) is 4.15. The van der Waals surface area contributed by atoms with Crippen molar-refractivity contribution in [3.05, 3.63) is 0 Å². The monoisotopic (exact) mass is 245 g/mol. The average molecular weight is 245 g/mol. The minimum atomic E-state index is -0.814. The van der Waals surface area contributed by atoms with E-state index in [0.29, 0.717) is 5.25 Å². The molecule has 92 valence electrons. The van der Waals surface area contributed by atoms with Gasteiger partial charge in [-0.2, -0.15) is 11.8 Å². The molecule has 0 aromatic rings. The van der Waals surface area contributed by atoms with Gasteiger partial charge in [-0.05, 0) is 25.5 Å². The Morgan fingerprint density at radius 3 is 2.69 bits per heavy atom. The van der Waals surface area contributed by atoms with Crippen LogP contribution in [0.15, 0.2) is 0 Å². The highest BCUT2D eigenvalue weighted by molar-refractivity contribution is 7.99. The van der Waals surface area contributed by atoms with E-state index in [0.717, 1.165) is 19.3 Å². The van der Waals surface area contributed by atoms with Crippen molar-refractivity contribution in [3.63, 3.8) is 0 Å². The van der Waals surface area contributed by atoms with Crippen LogP contribution in [0, 0.1) is 0 Å². The second-order valence-corrected chi connectivity index (χ2v) is 5.29. The van der Waals surface area contributed by atoms with E-state index in [1.54, 1.807) is 0 Å². The van der Waals surface area contributed by atoms with E-state index in [1.165, 1.54) is 0 Å². The Labute approximate surface area is 99.7 Å². The number of nitrogens with one attached hydrogen (secondary N) is 1. The molecule has 1 aliphatic carbocycles. The standard InChI is InChI=1S/C10H19N3O2S/c1-16-7-3-2-6(4-7)13-10(15)8(11)5-9(12)14/h6-8H,2-5,11H2,1H3,(H2,12,14)(H,13,15). The van der Waals surface area contributed by atoms with Crippen molar-refractivity contribution in [2.24, 2.45) is 11.5 Å². The molecule has 1 aliphatic rings. The molecule has 0 saturated heterocycles. The lowest BCUT2D eigenvalue weighted by atomic mass is 10.1. The Kier molecular flexibility index (Phi) is 5.08. The maximum absolute atomic E-state index is 11.6. The summed E-state index contributed by atoms with van der Waals surface area (Å²) in [5.41, 5.74) is 10.5. The highest BCUT2D eigenvalue weighted by Crippen LogP contribution is 2.28. The summed E-state index contributed by atoms with van der Waals surface area (Å²) in [7, 11) is 0. The normalized spacial score (nSPS) is 26.4. The first kappa shape index (κ1) is 13.3. The SMILES string of the molecule is CSC1CCC(NC(=O)C(N)CC(N)=O)C1. The number of nitrogens with two attached hydrogens (primary N) is 2. The zero-order valence-electron chi connectivity index (χ0n) is 9.44. The molecule has 2 amide bonds. The zero-order chi connectivity index (χ0) is 12.1. The first-order valence-corrected chi connectivity index (χ1v) is 6.68. The van der Waals surface area contributed by atoms with Gasteiger partial charge in [0.1, 0.15) is 0 Å². The number of rotatable bonds is 5. The lowest BCUT2D eigenvalue weighted by Gasteiger charge is -2.16. The van der Waals surface area contributed by atoms with Crippen molar-refractivity contribution in [1.82, 2.24) is 5.32 Å². The van der Waals surface area contributed by atoms with Crippen molar-refractivity contribution in [2.75, 3.05) is 6.26 Å². The molecule has 0 aliphatic heterocycles. The Morgan fingerprint density at radius 2 is 2.19 bits per heavy atom. The largest absolute Gasteiger partial charge is 0.370 e. The van der Waals surface area contributed by atoms with Crippen LogP contribution in [0.2, 0.25) is 0 Å². The summed E-state index contributed by atoms with van der Waals surface area (Å²) < 4.78 is 0. The number of primary amides is 1. The Balaban J connectivity index is 2.31. The van der Waals surface area contributed by atoms with Gasteiger partial charge in [0, 0.05) is 11.3 Å². The predicted octanol–water partition coefficient (Wildman–Crippen LogP) is -0.411. The first-order chi connectivity index (χ1) is 7.52. The van der Waals surface area contributed by atoms with Crippen LogP contribution in [0.5, 0.6) is 0 Å². The molecule has 0 bridgehead atoms. The lowest BCUT2D eigenvalue weighted by Crippen LogP contribution is -2.46. The van der Waals surface area contributed by atoms with Crippen molar-refractivity contribution in [3.8, 4) is 0 Å². The van der Waals surface area contributed by atoms with Gasteiger partial charge in [0.25, 0.3) is 0 Å². The molecule has 5 N–H and O–H groups in total. The molecule has 1 fully saturated rings. The van der Waals surface area contributed by atoms with E-state index in [-0.39, 0.29) is 18.4 Å². The molecule has 0 heterocycles. The number of carbonyl (C=O) groups excluding carboxylic acids is 2. The summed E-state index contributed by atoms with van der Waals surface area (Å²) >= 11 is 1.83. The fourth-order valence-electron chi connectivity index (χ4n) is 1.90. The Morgan fingerprint density at radius 1 is 1.50 bits per heavy atom. The fraction of sp³-hybridized carbons (Fsp3) is 0.800. The highest BCUT2D eigenvalue weighted by atomic mass is 32.2. The lowest BCUT2D eigenvalue weighted by molar-refractivity contribution is -0.126. The summed E-state index contributed by atoms with van der Waals surface area (Å²) in [6.45, 7) is 0. The molecule has 3 unspecified atom stereocenters. The molecule has 0 radical (unpaired) electrons. The molecule has 6 heteroatoms. The van der Waals surface area contributed by atoms with Gasteiger partial charge in [-0.15, -0.1) is 0 Å². The molecular weight excluding hydrogens is 226 g/mol. The average Bonchev–Trinajstić information content (AvgIpc) is 2.64. The third-order valence-corrected chi connectivity index (χ3v) is 3.92. The van der Waals surface area contributed by atoms with Crippen molar-refractivity contribution in [2.45, 2.75) is 43.0 Å². The van der Waals surface area contributed by atoms with Crippen LogP contribution in [-0.2, 0) is 9.59 Å². The van der Waals surface area contributed by atoms with Crippen LogP contribution in [0.25, 0.3) is 0 Å². The molecule has 0 aromatic carbocycles. The maximum Gasteiger partial charge on any atom is 0.237 e. The third-order valence-electron chi connectivity index (χ3n) is 2.82. The number of amides is 2. The predicted molar refractivity (Wildman–Crippen MR) is 64.9 cm³/mol. The van der Waals surface area contributed by atoms with Gasteiger partial charge in [0.15, 0.2) is 0 Å². The van der Waals surface area contributed by atoms with Gasteiger partial charge in [-0.3, -0.25) is 9.59 Å². The number of hydrogen-bond acceptors (Lipinski definition) is 4. The summed E-state index contributed by atoms with van der Waals surface area (Å²) in [6.07, 6.45) is 5.08. The van der Waals surface area contributed by atoms with E-state index in [2.05, 4.69) is 11.6 Å². The van der Waals surface area contributed by atoms with E-state index < -0.39 is 11.9 Å². The van der Waals surface area contributed by atoms with Crippen molar-refractivity contribution < 1.29 is 9.59 Å². The van der Waals surface area contributed by atoms with Crippen LogP contribution in [-0.4, -0.2) is 35.4 Å². The van der Waals surface area contributed by atoms with Crippen molar-refractivity contribution >= 4 is 23.6 Å². The molecule has 16 heavy (non-hydrogen) atoms. The second kappa shape index (κ2) is 6.10. The third kappa shape index (κ3) is 4.02. The summed E-state index contributed by atoms with van der Waals surface area (Å²) in [4.78, 5) is 22.2. The minimum absolute atomic E-state index is 0.0927. The topological polar surface area (TPSA) is 98.2 Å². The summed E-state index contributed by atoms with van der Waals surface area (Å²) in [5, 5.41) is 3.49. The molecule has 3 atom stereocenters. The molecule has 1 saturated carbocycles. The fourth-order valence-corrected chi connectivity index (χ4v) is 2.70. The quantitative estimate of drug-likeness (QED) is 0.613. The maximum atomic E-state index is 11.6. The van der Waals surface area contributed by atoms with Crippen LogP contribution in [0.4, 0.5) is 0 Å². The van der Waals surface area contributed by atoms with Gasteiger partial charge in [-0.25, -0.2) is 0 Å². The highest BCUT2D eigenvalue weighted by Gasteiger charge is 2.27. The van der Waals surface area contributed by atoms with Gasteiger partial charge in [0.05, 0.1) is 12.5 Å². The molecule has 1 rings (SSSR count). The molecule has 0 aromatic heterocycles. The molecule has 5 nitrogen and oxygen atoms in total. The van der Waals surface area contributed by atoms with Crippen molar-refractivity contribution in [1.29, 1.82) is 0 Å². The number of thioether (sulfide) groups is 1. The van der Waals surface area contributed by atoms with Crippen LogP contribution in [0.3, 0.4) is 0 Å². The number of carbonyl (C=O) groups is 2. The van der Waals surface area contributed by atoms with E-state index in [4.69, 9.17) is 11.5 Å². The zero-order valence-corrected chi connectivity index (χ0v) is 10.3. The minimum Gasteiger partial charge on any atom is -0.370 e. The van der Waals surface area contributed by atoms with Gasteiger partial charge >= 0.3 is 0 Å². The van der Waals surface area contributed by atoms with Gasteiger partial charge < -0.3 is 16.8 Å². The van der Waals surface area contributed by atoms with Crippen LogP contribution < -0.4 is 16.8 Å². The smallest absolute Gasteiger partial charge is 0.237 e. The van der Waals surface area contributed by atoms with Crippen LogP contribution >= 0.6 is 11.8 Å². The van der Waals surface area contributed by atoms with E-state index in [1.807, 2.05) is 11.8 Å². The van der Waals surface area contributed by atoms with E-state index >= 15 is 0 Å². The van der Waals surface area contributed by atoms with Gasteiger partial charge in [-0.1, -0.05) is 0 Å². The van der Waals surface area contributed by atoms with E-state index in [9.17, 15) is 9.59 Å². The number of hydrogen-bond donors (Lipinski definition) is 3.